The van der Waals surface area contributed by atoms with E-state index in [0.717, 1.165) is 5.30 Å². The average molecular weight is 543 g/mol. The first-order valence-corrected chi connectivity index (χ1v) is 16.1. The molecule has 1 nitrogen and oxygen atoms in total. The van der Waals surface area contributed by atoms with Gasteiger partial charge in [-0.15, -0.1) is 0 Å². The lowest BCUT2D eigenvalue weighted by molar-refractivity contribution is 0.527. The van der Waals surface area contributed by atoms with Crippen molar-refractivity contribution in [2.24, 2.45) is 5.92 Å². The molecule has 0 radical (unpaired) electrons. The van der Waals surface area contributed by atoms with Crippen molar-refractivity contribution in [1.29, 1.82) is 0 Å². The van der Waals surface area contributed by atoms with Crippen LogP contribution in [-0.4, -0.2) is 10.3 Å². The summed E-state index contributed by atoms with van der Waals surface area (Å²) in [5.74, 6) is 0.415. The number of allylic oxidation sites excluding steroid dienone is 5. The molecule has 202 valence electrons. The molecule has 2 aliphatic rings. The number of benzene rings is 4. The normalized spacial score (nSPS) is 19.1. The van der Waals surface area contributed by atoms with Crippen molar-refractivity contribution in [3.8, 4) is 0 Å². The molecule has 0 bridgehead atoms. The summed E-state index contributed by atoms with van der Waals surface area (Å²) in [6, 6.07) is 33.1. The first-order chi connectivity index (χ1) is 19.0. The van der Waals surface area contributed by atoms with Crippen LogP contribution in [0.25, 0.3) is 16.3 Å². The van der Waals surface area contributed by atoms with E-state index in [1.54, 1.807) is 0 Å². The molecule has 0 spiro atoms. The Morgan fingerprint density at radius 3 is 2.02 bits per heavy atom. The van der Waals surface area contributed by atoms with E-state index < -0.39 is 7.14 Å². The standard InChI is InChI=1S/C38H39OP/c1-37(2,3)40(39,38(4,5)6)30-23-21-27(22-24-30)35-31-15-9-11-17-33(31)36(34-18-12-10-16-32(34)35)29-20-19-26-13-7-8-14-28(26)25-29/h7-25,31,35H,1-6H3. The van der Waals surface area contributed by atoms with Gasteiger partial charge in [0.15, 0.2) is 0 Å². The van der Waals surface area contributed by atoms with Crippen molar-refractivity contribution in [3.63, 3.8) is 0 Å². The fraction of sp³-hybridized carbons (Fsp3) is 0.263. The van der Waals surface area contributed by atoms with Crippen LogP contribution in [-0.2, 0) is 4.57 Å². The molecule has 0 amide bonds. The van der Waals surface area contributed by atoms with Crippen LogP contribution in [0.2, 0.25) is 0 Å². The summed E-state index contributed by atoms with van der Waals surface area (Å²) in [7, 11) is -2.70. The van der Waals surface area contributed by atoms with Gasteiger partial charge < -0.3 is 4.57 Å². The third-order valence-electron chi connectivity index (χ3n) is 8.82. The minimum absolute atomic E-state index is 0.189. The van der Waals surface area contributed by atoms with E-state index in [-0.39, 0.29) is 22.1 Å². The van der Waals surface area contributed by atoms with Crippen LogP contribution in [0.5, 0.6) is 0 Å². The Kier molecular flexibility index (Phi) is 6.43. The quantitative estimate of drug-likeness (QED) is 0.235. The Hall–Kier alpha value is -3.41. The summed E-state index contributed by atoms with van der Waals surface area (Å²) in [5.41, 5.74) is 7.86. The Bertz CT molecular complexity index is 1720. The second-order valence-corrected chi connectivity index (χ2v) is 17.7. The molecule has 0 fully saturated rings. The zero-order chi connectivity index (χ0) is 28.3. The summed E-state index contributed by atoms with van der Waals surface area (Å²) in [4.78, 5) is 0. The van der Waals surface area contributed by atoms with Crippen LogP contribution in [0.15, 0.2) is 121 Å². The van der Waals surface area contributed by atoms with Gasteiger partial charge in [0.1, 0.15) is 7.14 Å². The van der Waals surface area contributed by atoms with Crippen molar-refractivity contribution in [2.45, 2.75) is 57.8 Å². The fourth-order valence-electron chi connectivity index (χ4n) is 7.17. The summed E-state index contributed by atoms with van der Waals surface area (Å²) in [6.07, 6.45) is 9.03. The highest BCUT2D eigenvalue weighted by atomic mass is 31.2. The van der Waals surface area contributed by atoms with Crippen molar-refractivity contribution in [3.05, 3.63) is 143 Å². The molecular formula is C38H39OP. The van der Waals surface area contributed by atoms with E-state index in [1.807, 2.05) is 0 Å². The molecule has 0 aromatic heterocycles. The molecule has 6 rings (SSSR count). The number of rotatable bonds is 3. The highest BCUT2D eigenvalue weighted by Gasteiger charge is 2.47. The second-order valence-electron chi connectivity index (χ2n) is 13.3. The van der Waals surface area contributed by atoms with Crippen molar-refractivity contribution >= 4 is 28.8 Å². The second kappa shape index (κ2) is 9.60. The van der Waals surface area contributed by atoms with Crippen LogP contribution in [0, 0.1) is 5.92 Å². The SMILES string of the molecule is CC(C)(C)P(=O)(c1ccc(C2c3ccccc3C(c3ccc4ccccc4c3)=C3C=CC=CC32)cc1)C(C)(C)C. The maximum atomic E-state index is 14.6. The van der Waals surface area contributed by atoms with Gasteiger partial charge in [-0.25, -0.2) is 0 Å². The van der Waals surface area contributed by atoms with Gasteiger partial charge in [-0.1, -0.05) is 151 Å². The highest BCUT2D eigenvalue weighted by molar-refractivity contribution is 7.74. The van der Waals surface area contributed by atoms with Gasteiger partial charge in [0.25, 0.3) is 0 Å². The van der Waals surface area contributed by atoms with Crippen LogP contribution < -0.4 is 5.30 Å². The van der Waals surface area contributed by atoms with Gasteiger partial charge in [0.05, 0.1) is 0 Å². The number of hydrogen-bond acceptors (Lipinski definition) is 1. The maximum Gasteiger partial charge on any atom is 0.125 e. The van der Waals surface area contributed by atoms with Crippen molar-refractivity contribution < 1.29 is 4.57 Å². The zero-order valence-corrected chi connectivity index (χ0v) is 25.4. The van der Waals surface area contributed by atoms with E-state index in [2.05, 4.69) is 157 Å². The monoisotopic (exact) mass is 542 g/mol. The topological polar surface area (TPSA) is 17.1 Å². The van der Waals surface area contributed by atoms with Gasteiger partial charge in [-0.05, 0) is 50.2 Å². The lowest BCUT2D eigenvalue weighted by atomic mass is 9.66. The van der Waals surface area contributed by atoms with Crippen molar-refractivity contribution in [2.75, 3.05) is 0 Å². The first-order valence-electron chi connectivity index (χ1n) is 14.4. The summed E-state index contributed by atoms with van der Waals surface area (Å²) < 4.78 is 14.6. The third kappa shape index (κ3) is 4.18. The number of fused-ring (bicyclic) bond motifs is 3. The summed E-state index contributed by atoms with van der Waals surface area (Å²) >= 11 is 0. The third-order valence-corrected chi connectivity index (χ3v) is 13.6. The first kappa shape index (κ1) is 26.8. The highest BCUT2D eigenvalue weighted by Crippen LogP contribution is 2.65. The van der Waals surface area contributed by atoms with Gasteiger partial charge in [0.2, 0.25) is 0 Å². The lowest BCUT2D eigenvalue weighted by Gasteiger charge is -2.41. The maximum absolute atomic E-state index is 14.6. The minimum atomic E-state index is -2.70. The Balaban J connectivity index is 1.51. The molecule has 0 N–H and O–H groups in total. The van der Waals surface area contributed by atoms with Crippen LogP contribution >= 0.6 is 7.14 Å². The van der Waals surface area contributed by atoms with E-state index >= 15 is 0 Å². The molecule has 0 heterocycles. The predicted molar refractivity (Wildman–Crippen MR) is 173 cm³/mol. The van der Waals surface area contributed by atoms with E-state index in [4.69, 9.17) is 0 Å². The smallest absolute Gasteiger partial charge is 0.125 e. The Labute approximate surface area is 239 Å². The largest absolute Gasteiger partial charge is 0.318 e. The van der Waals surface area contributed by atoms with Crippen LogP contribution in [0.3, 0.4) is 0 Å². The molecular weight excluding hydrogens is 503 g/mol. The molecule has 2 unspecified atom stereocenters. The molecule has 0 aliphatic heterocycles. The molecule has 2 aliphatic carbocycles. The molecule has 4 aromatic rings. The number of hydrogen-bond donors (Lipinski definition) is 0. The Morgan fingerprint density at radius 1 is 0.675 bits per heavy atom. The van der Waals surface area contributed by atoms with Gasteiger partial charge in [-0.3, -0.25) is 0 Å². The molecule has 0 saturated carbocycles. The summed E-state index contributed by atoms with van der Waals surface area (Å²) in [6.45, 7) is 12.7. The zero-order valence-electron chi connectivity index (χ0n) is 24.5. The lowest BCUT2D eigenvalue weighted by Crippen LogP contribution is -2.35. The molecule has 4 aromatic carbocycles. The van der Waals surface area contributed by atoms with E-state index in [1.165, 1.54) is 44.2 Å². The van der Waals surface area contributed by atoms with Crippen LogP contribution in [0.4, 0.5) is 0 Å². The van der Waals surface area contributed by atoms with Gasteiger partial charge >= 0.3 is 0 Å². The molecule has 2 atom stereocenters. The van der Waals surface area contributed by atoms with Crippen molar-refractivity contribution in [1.82, 2.24) is 0 Å². The minimum Gasteiger partial charge on any atom is -0.318 e. The van der Waals surface area contributed by atoms with E-state index in [0.29, 0.717) is 0 Å². The molecule has 40 heavy (non-hydrogen) atoms. The predicted octanol–water partition coefficient (Wildman–Crippen LogP) is 10.1. The average Bonchev–Trinajstić information content (AvgIpc) is 2.94. The fourth-order valence-corrected chi connectivity index (χ4v) is 11.3. The van der Waals surface area contributed by atoms with Gasteiger partial charge in [0, 0.05) is 27.5 Å². The van der Waals surface area contributed by atoms with Crippen LogP contribution in [0.1, 0.15) is 69.7 Å². The Morgan fingerprint density at radius 2 is 1.32 bits per heavy atom. The molecule has 2 heteroatoms. The van der Waals surface area contributed by atoms with Gasteiger partial charge in [-0.2, -0.15) is 0 Å². The summed E-state index contributed by atoms with van der Waals surface area (Å²) in [5, 5.41) is 2.87. The molecule has 0 saturated heterocycles. The van der Waals surface area contributed by atoms with E-state index in [9.17, 15) is 4.57 Å².